The Morgan fingerprint density at radius 2 is 1.45 bits per heavy atom. The Balaban J connectivity index is 0.000000186. The second kappa shape index (κ2) is 10.5. The van der Waals surface area contributed by atoms with Gasteiger partial charge in [0.1, 0.15) is 0 Å². The fraction of sp³-hybridized carbons (Fsp3) is 0.143. The molecule has 170 valence electrons. The minimum Gasteiger partial charge on any atom is -0.504 e. The van der Waals surface area contributed by atoms with Crippen LogP contribution in [0.3, 0.4) is 0 Å². The van der Waals surface area contributed by atoms with Gasteiger partial charge in [-0.2, -0.15) is 10.2 Å². The predicted molar refractivity (Wildman–Crippen MR) is 115 cm³/mol. The van der Waals surface area contributed by atoms with Crippen molar-refractivity contribution in [2.24, 2.45) is 0 Å². The second-order valence-electron chi connectivity index (χ2n) is 6.34. The van der Waals surface area contributed by atoms with Crippen LogP contribution >= 0.6 is 0 Å². The summed E-state index contributed by atoms with van der Waals surface area (Å²) >= 11 is 0. The smallest absolute Gasteiger partial charge is 0.362 e. The summed E-state index contributed by atoms with van der Waals surface area (Å²) < 4.78 is 7.53. The molecular weight excluding hydrogens is 430 g/mol. The lowest BCUT2D eigenvalue weighted by molar-refractivity contribution is 0.0515. The van der Waals surface area contributed by atoms with E-state index in [0.717, 1.165) is 0 Å². The maximum absolute atomic E-state index is 11.4. The number of amides is 1. The average Bonchev–Trinajstić information content (AvgIpc) is 3.43. The van der Waals surface area contributed by atoms with Crippen LogP contribution in [0.4, 0.5) is 0 Å². The number of aromatic hydroxyl groups is 2. The van der Waals surface area contributed by atoms with Gasteiger partial charge in [0.05, 0.1) is 42.8 Å². The molecule has 4 aromatic rings. The first-order valence-electron chi connectivity index (χ1n) is 9.71. The van der Waals surface area contributed by atoms with Crippen molar-refractivity contribution in [3.8, 4) is 22.9 Å². The van der Waals surface area contributed by atoms with E-state index in [9.17, 15) is 19.8 Å². The standard InChI is InChI=1S/C11H11N3O3.C10H10N4O2/c1-2-17-11(16)10-9(15)7-14(13-10)8-4-3-5-12-6-8;1-11-10(16)9-8(15)6-14(13-9)7-3-2-4-12-5-7/h3-7,15H,2H2,1H3;2-6,15H,1H3,(H,11,16). The molecule has 0 unspecified atom stereocenters. The van der Waals surface area contributed by atoms with E-state index >= 15 is 0 Å². The Morgan fingerprint density at radius 1 is 0.939 bits per heavy atom. The van der Waals surface area contributed by atoms with E-state index in [2.05, 4.69) is 25.5 Å². The minimum atomic E-state index is -0.646. The molecule has 0 fully saturated rings. The number of pyridine rings is 2. The molecule has 3 N–H and O–H groups in total. The van der Waals surface area contributed by atoms with Crippen molar-refractivity contribution >= 4 is 11.9 Å². The van der Waals surface area contributed by atoms with Gasteiger partial charge < -0.3 is 20.3 Å². The molecule has 1 amide bonds. The number of carbonyl (C=O) groups excluding carboxylic acids is 2. The van der Waals surface area contributed by atoms with Gasteiger partial charge in [-0.25, -0.2) is 14.2 Å². The first kappa shape index (κ1) is 22.9. The Labute approximate surface area is 188 Å². The lowest BCUT2D eigenvalue weighted by Gasteiger charge is -1.99. The van der Waals surface area contributed by atoms with E-state index < -0.39 is 11.9 Å². The summed E-state index contributed by atoms with van der Waals surface area (Å²) in [5.74, 6) is -1.46. The third kappa shape index (κ3) is 5.50. The van der Waals surface area contributed by atoms with Crippen molar-refractivity contribution in [2.75, 3.05) is 13.7 Å². The summed E-state index contributed by atoms with van der Waals surface area (Å²) in [4.78, 5) is 30.6. The van der Waals surface area contributed by atoms with Gasteiger partial charge in [0.15, 0.2) is 17.2 Å². The maximum atomic E-state index is 11.4. The fourth-order valence-corrected chi connectivity index (χ4v) is 2.60. The van der Waals surface area contributed by atoms with Crippen LogP contribution in [0.5, 0.6) is 11.5 Å². The molecule has 4 aromatic heterocycles. The molecular formula is C21H21N7O5. The van der Waals surface area contributed by atoms with Gasteiger partial charge in [-0.15, -0.1) is 0 Å². The molecule has 12 heteroatoms. The molecule has 0 aromatic carbocycles. The Bertz CT molecular complexity index is 1220. The summed E-state index contributed by atoms with van der Waals surface area (Å²) in [5.41, 5.74) is 1.22. The van der Waals surface area contributed by atoms with Crippen molar-refractivity contribution in [3.05, 3.63) is 72.8 Å². The van der Waals surface area contributed by atoms with E-state index in [-0.39, 0.29) is 29.5 Å². The first-order valence-corrected chi connectivity index (χ1v) is 9.71. The number of rotatable bonds is 5. The Morgan fingerprint density at radius 3 is 1.91 bits per heavy atom. The largest absolute Gasteiger partial charge is 0.504 e. The monoisotopic (exact) mass is 451 g/mol. The SMILES string of the molecule is CCOC(=O)c1nn(-c2cccnc2)cc1O.CNC(=O)c1nn(-c2cccnc2)cc1O. The number of nitrogens with zero attached hydrogens (tertiary/aromatic N) is 6. The van der Waals surface area contributed by atoms with Crippen LogP contribution in [0.1, 0.15) is 27.9 Å². The third-order valence-electron chi connectivity index (χ3n) is 4.12. The minimum absolute atomic E-state index is 0.00801. The maximum Gasteiger partial charge on any atom is 0.362 e. The van der Waals surface area contributed by atoms with E-state index in [1.54, 1.807) is 56.0 Å². The number of ether oxygens (including phenoxy) is 1. The van der Waals surface area contributed by atoms with Gasteiger partial charge in [0.25, 0.3) is 5.91 Å². The predicted octanol–water partition coefficient (Wildman–Crippen LogP) is 1.48. The third-order valence-corrected chi connectivity index (χ3v) is 4.12. The summed E-state index contributed by atoms with van der Waals surface area (Å²) in [6.07, 6.45) is 9.11. The molecule has 4 rings (SSSR count). The average molecular weight is 451 g/mol. The van der Waals surface area contributed by atoms with Gasteiger partial charge in [-0.1, -0.05) is 0 Å². The van der Waals surface area contributed by atoms with Gasteiger partial charge in [-0.3, -0.25) is 14.8 Å². The lowest BCUT2D eigenvalue weighted by atomic mass is 10.4. The van der Waals surface area contributed by atoms with Crippen molar-refractivity contribution in [1.29, 1.82) is 0 Å². The summed E-state index contributed by atoms with van der Waals surface area (Å²) in [6, 6.07) is 7.01. The van der Waals surface area contributed by atoms with Crippen LogP contribution in [0, 0.1) is 0 Å². The van der Waals surface area contributed by atoms with Crippen molar-refractivity contribution < 1.29 is 24.5 Å². The summed E-state index contributed by atoms with van der Waals surface area (Å²) in [6.45, 7) is 1.92. The zero-order valence-electron chi connectivity index (χ0n) is 17.8. The van der Waals surface area contributed by atoms with Crippen LogP contribution in [0.2, 0.25) is 0 Å². The zero-order chi connectivity index (χ0) is 23.8. The highest BCUT2D eigenvalue weighted by atomic mass is 16.5. The molecule has 0 aliphatic rings. The molecule has 33 heavy (non-hydrogen) atoms. The molecule has 12 nitrogen and oxygen atoms in total. The van der Waals surface area contributed by atoms with Gasteiger partial charge in [0.2, 0.25) is 5.69 Å². The molecule has 0 aliphatic heterocycles. The highest BCUT2D eigenvalue weighted by Crippen LogP contribution is 2.19. The van der Waals surface area contributed by atoms with Crippen LogP contribution in [0.25, 0.3) is 11.4 Å². The highest BCUT2D eigenvalue weighted by molar-refractivity contribution is 5.94. The van der Waals surface area contributed by atoms with Crippen LogP contribution in [0.15, 0.2) is 61.4 Å². The van der Waals surface area contributed by atoms with E-state index in [0.29, 0.717) is 11.4 Å². The summed E-state index contributed by atoms with van der Waals surface area (Å²) in [5, 5.41) is 29.4. The fourth-order valence-electron chi connectivity index (χ4n) is 2.60. The lowest BCUT2D eigenvalue weighted by Crippen LogP contribution is -2.18. The normalized spacial score (nSPS) is 10.1. The number of carbonyl (C=O) groups is 2. The number of hydrogen-bond acceptors (Lipinski definition) is 9. The zero-order valence-corrected chi connectivity index (χ0v) is 17.8. The van der Waals surface area contributed by atoms with Crippen LogP contribution in [-0.4, -0.2) is 65.3 Å². The van der Waals surface area contributed by atoms with Gasteiger partial charge in [-0.05, 0) is 31.2 Å². The molecule has 4 heterocycles. The van der Waals surface area contributed by atoms with Crippen molar-refractivity contribution in [2.45, 2.75) is 6.92 Å². The highest BCUT2D eigenvalue weighted by Gasteiger charge is 2.18. The Kier molecular flexibility index (Phi) is 7.32. The van der Waals surface area contributed by atoms with E-state index in [1.165, 1.54) is 28.8 Å². The topological polar surface area (TPSA) is 157 Å². The van der Waals surface area contributed by atoms with Crippen LogP contribution in [-0.2, 0) is 4.74 Å². The molecule has 0 atom stereocenters. The molecule has 0 saturated heterocycles. The van der Waals surface area contributed by atoms with E-state index in [4.69, 9.17) is 4.74 Å². The number of esters is 1. The number of aromatic nitrogens is 6. The molecule has 0 saturated carbocycles. The van der Waals surface area contributed by atoms with Gasteiger partial charge in [0, 0.05) is 19.4 Å². The van der Waals surface area contributed by atoms with Crippen LogP contribution < -0.4 is 5.32 Å². The first-order chi connectivity index (χ1) is 15.9. The second-order valence-corrected chi connectivity index (χ2v) is 6.34. The summed E-state index contributed by atoms with van der Waals surface area (Å²) in [7, 11) is 1.48. The molecule has 0 aliphatic carbocycles. The van der Waals surface area contributed by atoms with Crippen molar-refractivity contribution in [3.63, 3.8) is 0 Å². The quantitative estimate of drug-likeness (QED) is 0.382. The molecule has 0 bridgehead atoms. The molecule has 0 radical (unpaired) electrons. The molecule has 0 spiro atoms. The number of hydrogen-bond donors (Lipinski definition) is 3. The van der Waals surface area contributed by atoms with E-state index in [1.807, 2.05) is 0 Å². The van der Waals surface area contributed by atoms with Gasteiger partial charge >= 0.3 is 5.97 Å². The number of nitrogens with one attached hydrogen (secondary N) is 1. The Hall–Kier alpha value is -4.74. The van der Waals surface area contributed by atoms with Crippen molar-refractivity contribution in [1.82, 2.24) is 34.8 Å².